The van der Waals surface area contributed by atoms with E-state index in [2.05, 4.69) is 15.3 Å². The topological polar surface area (TPSA) is 64.1 Å². The number of carbonyl (C=O) groups excluding carboxylic acids is 1. The average molecular weight is 374 g/mol. The fourth-order valence-electron chi connectivity index (χ4n) is 2.05. The molecule has 0 saturated carbocycles. The van der Waals surface area contributed by atoms with Gasteiger partial charge in [0.25, 0.3) is 5.91 Å². The van der Waals surface area contributed by atoms with E-state index < -0.39 is 5.60 Å². The minimum absolute atomic E-state index is 0.288. The molecule has 3 aromatic rings. The second kappa shape index (κ2) is 7.21. The lowest BCUT2D eigenvalue weighted by Crippen LogP contribution is -2.42. The molecule has 1 aromatic carbocycles. The van der Waals surface area contributed by atoms with Crippen LogP contribution >= 0.6 is 22.9 Å². The van der Waals surface area contributed by atoms with Crippen LogP contribution in [0.1, 0.15) is 13.8 Å². The number of ether oxygens (including phenoxy) is 1. The van der Waals surface area contributed by atoms with Gasteiger partial charge in [0.1, 0.15) is 11.4 Å². The van der Waals surface area contributed by atoms with Crippen LogP contribution in [0.4, 0.5) is 5.13 Å². The Morgan fingerprint density at radius 3 is 2.60 bits per heavy atom. The third kappa shape index (κ3) is 4.35. The molecule has 3 rings (SSSR count). The number of hydrogen-bond donors (Lipinski definition) is 1. The number of nitrogens with zero attached hydrogens (tertiary/aromatic N) is 2. The molecule has 0 radical (unpaired) electrons. The number of pyridine rings is 1. The zero-order valence-electron chi connectivity index (χ0n) is 13.7. The van der Waals surface area contributed by atoms with Gasteiger partial charge in [-0.3, -0.25) is 15.1 Å². The van der Waals surface area contributed by atoms with E-state index in [4.69, 9.17) is 16.3 Å². The van der Waals surface area contributed by atoms with Crippen LogP contribution in [0.5, 0.6) is 5.75 Å². The Bertz CT molecular complexity index is 864. The van der Waals surface area contributed by atoms with Gasteiger partial charge in [-0.05, 0) is 50.2 Å². The van der Waals surface area contributed by atoms with Crippen molar-refractivity contribution in [2.75, 3.05) is 5.32 Å². The molecule has 0 aliphatic carbocycles. The lowest BCUT2D eigenvalue weighted by Gasteiger charge is -2.24. The second-order valence-corrected chi connectivity index (χ2v) is 7.07. The van der Waals surface area contributed by atoms with Crippen LogP contribution in [0.3, 0.4) is 0 Å². The predicted molar refractivity (Wildman–Crippen MR) is 100 cm³/mol. The molecule has 0 unspecified atom stereocenters. The summed E-state index contributed by atoms with van der Waals surface area (Å²) in [5.74, 6) is 0.280. The average Bonchev–Trinajstić information content (AvgIpc) is 3.06. The number of amides is 1. The Hall–Kier alpha value is -2.44. The lowest BCUT2D eigenvalue weighted by atomic mass is 10.1. The van der Waals surface area contributed by atoms with Gasteiger partial charge in [-0.1, -0.05) is 17.7 Å². The van der Waals surface area contributed by atoms with Crippen molar-refractivity contribution in [3.05, 3.63) is 59.1 Å². The first-order valence-corrected chi connectivity index (χ1v) is 8.83. The second-order valence-electron chi connectivity index (χ2n) is 5.77. The summed E-state index contributed by atoms with van der Waals surface area (Å²) in [5, 5.41) is 5.75. The van der Waals surface area contributed by atoms with E-state index in [0.29, 0.717) is 15.9 Å². The molecule has 2 aromatic heterocycles. The molecule has 0 atom stereocenters. The van der Waals surface area contributed by atoms with Crippen molar-refractivity contribution in [2.45, 2.75) is 19.4 Å². The van der Waals surface area contributed by atoms with Gasteiger partial charge in [0.15, 0.2) is 10.7 Å². The van der Waals surface area contributed by atoms with Crippen LogP contribution in [0.25, 0.3) is 11.4 Å². The molecule has 0 saturated heterocycles. The highest BCUT2D eigenvalue weighted by atomic mass is 35.5. The van der Waals surface area contributed by atoms with Crippen LogP contribution in [-0.2, 0) is 4.79 Å². The summed E-state index contributed by atoms with van der Waals surface area (Å²) < 4.78 is 5.78. The Morgan fingerprint density at radius 2 is 1.92 bits per heavy atom. The minimum Gasteiger partial charge on any atom is -0.478 e. The van der Waals surface area contributed by atoms with E-state index in [-0.39, 0.29) is 5.91 Å². The van der Waals surface area contributed by atoms with Crippen molar-refractivity contribution in [2.24, 2.45) is 0 Å². The first-order chi connectivity index (χ1) is 11.9. The maximum absolute atomic E-state index is 12.5. The van der Waals surface area contributed by atoms with Gasteiger partial charge < -0.3 is 4.74 Å². The van der Waals surface area contributed by atoms with Crippen LogP contribution in [0, 0.1) is 0 Å². The highest BCUT2D eigenvalue weighted by Crippen LogP contribution is 2.25. The van der Waals surface area contributed by atoms with Crippen molar-refractivity contribution >= 4 is 34.0 Å². The van der Waals surface area contributed by atoms with E-state index >= 15 is 0 Å². The third-order valence-corrected chi connectivity index (χ3v) is 4.40. The van der Waals surface area contributed by atoms with Gasteiger partial charge in [-0.25, -0.2) is 4.98 Å². The molecular formula is C18H16ClN3O2S. The molecule has 128 valence electrons. The monoisotopic (exact) mass is 373 g/mol. The maximum Gasteiger partial charge on any atom is 0.269 e. The number of nitrogens with one attached hydrogen (secondary N) is 1. The van der Waals surface area contributed by atoms with Crippen LogP contribution in [0.15, 0.2) is 54.0 Å². The number of halogens is 1. The van der Waals surface area contributed by atoms with Crippen LogP contribution < -0.4 is 10.1 Å². The Balaban J connectivity index is 1.68. The lowest BCUT2D eigenvalue weighted by molar-refractivity contribution is -0.128. The molecule has 1 amide bonds. The molecule has 0 bridgehead atoms. The van der Waals surface area contributed by atoms with Gasteiger partial charge in [0.05, 0.1) is 5.69 Å². The number of anilines is 1. The van der Waals surface area contributed by atoms with Gasteiger partial charge in [-0.2, -0.15) is 0 Å². The molecule has 25 heavy (non-hydrogen) atoms. The maximum atomic E-state index is 12.5. The fraction of sp³-hybridized carbons (Fsp3) is 0.167. The molecule has 5 nitrogen and oxygen atoms in total. The van der Waals surface area contributed by atoms with Crippen molar-refractivity contribution in [3.8, 4) is 17.1 Å². The van der Waals surface area contributed by atoms with E-state index in [9.17, 15) is 4.79 Å². The largest absolute Gasteiger partial charge is 0.478 e. The Kier molecular flexibility index (Phi) is 5.01. The van der Waals surface area contributed by atoms with Crippen molar-refractivity contribution in [3.63, 3.8) is 0 Å². The summed E-state index contributed by atoms with van der Waals surface area (Å²) in [6.07, 6.45) is 1.70. The van der Waals surface area contributed by atoms with E-state index in [0.717, 1.165) is 11.4 Å². The highest BCUT2D eigenvalue weighted by Gasteiger charge is 2.30. The van der Waals surface area contributed by atoms with Gasteiger partial charge in [-0.15, -0.1) is 11.3 Å². The van der Waals surface area contributed by atoms with Crippen LogP contribution in [0.2, 0.25) is 5.02 Å². The number of rotatable bonds is 5. The summed E-state index contributed by atoms with van der Waals surface area (Å²) in [4.78, 5) is 21.2. The van der Waals surface area contributed by atoms with Crippen molar-refractivity contribution < 1.29 is 9.53 Å². The number of hydrogen-bond acceptors (Lipinski definition) is 5. The summed E-state index contributed by atoms with van der Waals surface area (Å²) >= 11 is 7.20. The molecule has 0 aliphatic rings. The van der Waals surface area contributed by atoms with E-state index in [1.807, 2.05) is 23.6 Å². The standard InChI is InChI=1S/C18H16ClN3O2S/c1-18(2,24-13-8-6-12(19)7-9-13)16(23)22-17-21-15(11-25-17)14-5-3-4-10-20-14/h3-11H,1-2H3,(H,21,22,23). The molecule has 0 aliphatic heterocycles. The molecule has 0 spiro atoms. The summed E-state index contributed by atoms with van der Waals surface area (Å²) in [6, 6.07) is 12.5. The quantitative estimate of drug-likeness (QED) is 0.706. The zero-order chi connectivity index (χ0) is 17.9. The van der Waals surface area contributed by atoms with Crippen LogP contribution in [-0.4, -0.2) is 21.5 Å². The van der Waals surface area contributed by atoms with Crippen molar-refractivity contribution in [1.29, 1.82) is 0 Å². The summed E-state index contributed by atoms with van der Waals surface area (Å²) in [5.41, 5.74) is 0.415. The summed E-state index contributed by atoms with van der Waals surface area (Å²) in [7, 11) is 0. The van der Waals surface area contributed by atoms with E-state index in [1.54, 1.807) is 44.3 Å². The first-order valence-electron chi connectivity index (χ1n) is 7.57. The normalized spacial score (nSPS) is 11.2. The SMILES string of the molecule is CC(C)(Oc1ccc(Cl)cc1)C(=O)Nc1nc(-c2ccccn2)cs1. The molecule has 2 heterocycles. The minimum atomic E-state index is -1.06. The summed E-state index contributed by atoms with van der Waals surface area (Å²) in [6.45, 7) is 3.40. The first kappa shape index (κ1) is 17.4. The zero-order valence-corrected chi connectivity index (χ0v) is 15.3. The Labute approximate surface area is 154 Å². The van der Waals surface area contributed by atoms with Gasteiger partial charge in [0.2, 0.25) is 0 Å². The molecule has 0 fully saturated rings. The van der Waals surface area contributed by atoms with Gasteiger partial charge >= 0.3 is 0 Å². The van der Waals surface area contributed by atoms with Crippen molar-refractivity contribution in [1.82, 2.24) is 9.97 Å². The number of thiazole rings is 1. The predicted octanol–water partition coefficient (Wildman–Crippen LogP) is 4.65. The smallest absolute Gasteiger partial charge is 0.269 e. The highest BCUT2D eigenvalue weighted by molar-refractivity contribution is 7.14. The Morgan fingerprint density at radius 1 is 1.16 bits per heavy atom. The van der Waals surface area contributed by atoms with E-state index in [1.165, 1.54) is 11.3 Å². The molecule has 1 N–H and O–H groups in total. The van der Waals surface area contributed by atoms with Gasteiger partial charge in [0, 0.05) is 16.6 Å². The number of carbonyl (C=O) groups is 1. The number of aromatic nitrogens is 2. The molecule has 7 heteroatoms. The number of benzene rings is 1. The molecular weight excluding hydrogens is 358 g/mol. The fourth-order valence-corrected chi connectivity index (χ4v) is 2.88. The third-order valence-electron chi connectivity index (χ3n) is 3.39.